The summed E-state index contributed by atoms with van der Waals surface area (Å²) in [5.41, 5.74) is 2.75. The first-order valence-electron chi connectivity index (χ1n) is 12.2. The van der Waals surface area contributed by atoms with E-state index in [1.807, 2.05) is 18.2 Å². The van der Waals surface area contributed by atoms with Gasteiger partial charge >= 0.3 is 5.97 Å². The summed E-state index contributed by atoms with van der Waals surface area (Å²) in [6, 6.07) is 0. The van der Waals surface area contributed by atoms with Crippen molar-refractivity contribution in [1.82, 2.24) is 5.32 Å². The number of carbonyl (C=O) groups excluding carboxylic acids is 1. The molecule has 0 atom stereocenters. The van der Waals surface area contributed by atoms with Crippen molar-refractivity contribution in [2.45, 2.75) is 110 Å². The normalized spacial score (nSPS) is 14.1. The summed E-state index contributed by atoms with van der Waals surface area (Å²) in [6.45, 7) is 4.87. The van der Waals surface area contributed by atoms with Gasteiger partial charge in [0.2, 0.25) is 0 Å². The molecule has 0 unspecified atom stereocenters. The number of carboxylic acids is 1. The molecular formula is C26H43NO3. The van der Waals surface area contributed by atoms with Gasteiger partial charge in [-0.2, -0.15) is 0 Å². The maximum atomic E-state index is 11.7. The average Bonchev–Trinajstić information content (AvgIpc) is 3.25. The number of unbranched alkanes of at least 4 members (excludes halogenated alkanes) is 13. The van der Waals surface area contributed by atoms with E-state index in [0.717, 1.165) is 23.4 Å². The minimum Gasteiger partial charge on any atom is -0.481 e. The topological polar surface area (TPSA) is 66.4 Å². The molecule has 0 amide bonds. The second-order valence-corrected chi connectivity index (χ2v) is 8.36. The number of hydrogen-bond donors (Lipinski definition) is 2. The molecule has 4 nitrogen and oxygen atoms in total. The fourth-order valence-corrected chi connectivity index (χ4v) is 3.73. The highest BCUT2D eigenvalue weighted by atomic mass is 16.4. The third kappa shape index (κ3) is 11.4. The van der Waals surface area contributed by atoms with Crippen molar-refractivity contribution in [2.75, 3.05) is 6.54 Å². The van der Waals surface area contributed by atoms with Crippen LogP contribution in [0.1, 0.15) is 110 Å². The van der Waals surface area contributed by atoms with Crippen LogP contribution in [0.15, 0.2) is 35.1 Å². The zero-order valence-corrected chi connectivity index (χ0v) is 19.3. The Morgan fingerprint density at radius 2 is 1.27 bits per heavy atom. The lowest BCUT2D eigenvalue weighted by Gasteiger charge is -2.07. The number of aliphatic carboxylic acids is 1. The Morgan fingerprint density at radius 1 is 0.800 bits per heavy atom. The van der Waals surface area contributed by atoms with Crippen molar-refractivity contribution in [1.29, 1.82) is 0 Å². The van der Waals surface area contributed by atoms with Crippen molar-refractivity contribution in [2.24, 2.45) is 0 Å². The minimum atomic E-state index is -0.745. The van der Waals surface area contributed by atoms with E-state index in [2.05, 4.69) is 12.2 Å². The molecule has 30 heavy (non-hydrogen) atoms. The van der Waals surface area contributed by atoms with Crippen molar-refractivity contribution >= 4 is 11.8 Å². The SMILES string of the molecule is CCC(=O)O.CCCCCCCCCCCCCCCCNC1=C2C=CC(=C1)C2=O. The number of fused-ring (bicyclic) bond motifs is 2. The van der Waals surface area contributed by atoms with Crippen LogP contribution in [0.3, 0.4) is 0 Å². The van der Waals surface area contributed by atoms with E-state index in [9.17, 15) is 9.59 Å². The van der Waals surface area contributed by atoms with Crippen LogP contribution in [0.5, 0.6) is 0 Å². The molecule has 0 aromatic heterocycles. The highest BCUT2D eigenvalue weighted by Gasteiger charge is 2.26. The molecule has 2 rings (SSSR count). The Kier molecular flexibility index (Phi) is 14.8. The number of hydrogen-bond acceptors (Lipinski definition) is 3. The molecule has 2 N–H and O–H groups in total. The minimum absolute atomic E-state index is 0.198. The van der Waals surface area contributed by atoms with Gasteiger partial charge in [-0.25, -0.2) is 0 Å². The quantitative estimate of drug-likeness (QED) is 0.253. The van der Waals surface area contributed by atoms with Gasteiger partial charge in [0.1, 0.15) is 0 Å². The molecule has 0 fully saturated rings. The van der Waals surface area contributed by atoms with Crippen LogP contribution in [0, 0.1) is 0 Å². The predicted molar refractivity (Wildman–Crippen MR) is 125 cm³/mol. The van der Waals surface area contributed by atoms with E-state index in [-0.39, 0.29) is 12.2 Å². The Labute approximate surface area is 183 Å². The van der Waals surface area contributed by atoms with Crippen molar-refractivity contribution < 1.29 is 14.7 Å². The van der Waals surface area contributed by atoms with E-state index >= 15 is 0 Å². The Balaban J connectivity index is 0.000000804. The van der Waals surface area contributed by atoms with Gasteiger partial charge in [-0.3, -0.25) is 9.59 Å². The zero-order chi connectivity index (χ0) is 22.0. The molecule has 0 aliphatic heterocycles. The third-order valence-electron chi connectivity index (χ3n) is 5.67. The molecule has 2 bridgehead atoms. The van der Waals surface area contributed by atoms with Crippen LogP contribution in [0.2, 0.25) is 0 Å². The molecule has 2 aliphatic rings. The van der Waals surface area contributed by atoms with Gasteiger partial charge in [0, 0.05) is 29.8 Å². The number of carboxylic acid groups (broad SMARTS) is 1. The average molecular weight is 418 g/mol. The number of rotatable bonds is 17. The van der Waals surface area contributed by atoms with Gasteiger partial charge < -0.3 is 10.4 Å². The van der Waals surface area contributed by atoms with Crippen LogP contribution in [-0.4, -0.2) is 23.4 Å². The maximum absolute atomic E-state index is 11.7. The predicted octanol–water partition coefficient (Wildman–Crippen LogP) is 6.87. The van der Waals surface area contributed by atoms with E-state index in [1.54, 1.807) is 6.92 Å². The monoisotopic (exact) mass is 417 g/mol. The standard InChI is InChI=1S/C23H37NO.C3H6O2/c1-2-3-4-5-6-7-8-9-10-11-12-13-14-15-18-24-22-19-20-16-17-21(22)23(20)25;1-2-3(4)5/h16-17,19,24H,2-15,18H2,1H3;2H2,1H3,(H,4,5). The van der Waals surface area contributed by atoms with Crippen molar-refractivity contribution in [3.63, 3.8) is 0 Å². The fraction of sp³-hybridized carbons (Fsp3) is 0.692. The number of Topliss-reactive ketones (excluding diaryl/α,β-unsaturated/α-hetero) is 1. The van der Waals surface area contributed by atoms with Crippen LogP contribution < -0.4 is 5.32 Å². The van der Waals surface area contributed by atoms with Crippen molar-refractivity contribution in [3.8, 4) is 0 Å². The zero-order valence-electron chi connectivity index (χ0n) is 19.3. The lowest BCUT2D eigenvalue weighted by atomic mass is 10.0. The Morgan fingerprint density at radius 3 is 1.63 bits per heavy atom. The Bertz CT molecular complexity index is 601. The van der Waals surface area contributed by atoms with Gasteiger partial charge in [0.25, 0.3) is 0 Å². The second-order valence-electron chi connectivity index (χ2n) is 8.36. The molecule has 0 spiro atoms. The molecule has 0 radical (unpaired) electrons. The molecule has 0 heterocycles. The van der Waals surface area contributed by atoms with Crippen LogP contribution in [0.25, 0.3) is 0 Å². The van der Waals surface area contributed by atoms with Gasteiger partial charge in [0.05, 0.1) is 0 Å². The summed E-state index contributed by atoms with van der Waals surface area (Å²) in [5.74, 6) is -0.548. The lowest BCUT2D eigenvalue weighted by Crippen LogP contribution is -2.14. The molecule has 4 heteroatoms. The number of carbonyl (C=O) groups is 2. The Hall–Kier alpha value is -1.84. The van der Waals surface area contributed by atoms with Gasteiger partial charge in [-0.05, 0) is 18.6 Å². The first kappa shape index (κ1) is 26.2. The highest BCUT2D eigenvalue weighted by molar-refractivity contribution is 6.18. The van der Waals surface area contributed by atoms with Crippen LogP contribution >= 0.6 is 0 Å². The third-order valence-corrected chi connectivity index (χ3v) is 5.67. The molecule has 2 aliphatic carbocycles. The summed E-state index contributed by atoms with van der Waals surface area (Å²) in [6.07, 6.45) is 25.5. The van der Waals surface area contributed by atoms with E-state index in [0.29, 0.717) is 0 Å². The lowest BCUT2D eigenvalue weighted by molar-refractivity contribution is -0.136. The van der Waals surface area contributed by atoms with Gasteiger partial charge in [-0.15, -0.1) is 0 Å². The smallest absolute Gasteiger partial charge is 0.303 e. The van der Waals surface area contributed by atoms with Gasteiger partial charge in [0.15, 0.2) is 5.78 Å². The number of nitrogens with one attached hydrogen (secondary N) is 1. The molecular weight excluding hydrogens is 374 g/mol. The first-order valence-corrected chi connectivity index (χ1v) is 12.2. The second kappa shape index (κ2) is 16.9. The fourth-order valence-electron chi connectivity index (χ4n) is 3.73. The molecule has 0 saturated heterocycles. The van der Waals surface area contributed by atoms with E-state index in [4.69, 9.17) is 5.11 Å². The van der Waals surface area contributed by atoms with Crippen LogP contribution in [0.4, 0.5) is 0 Å². The molecule has 0 aromatic rings. The summed E-state index contributed by atoms with van der Waals surface area (Å²) in [4.78, 5) is 21.1. The van der Waals surface area contributed by atoms with E-state index in [1.165, 1.54) is 89.9 Å². The highest BCUT2D eigenvalue weighted by Crippen LogP contribution is 2.28. The van der Waals surface area contributed by atoms with Crippen molar-refractivity contribution in [3.05, 3.63) is 35.1 Å². The molecule has 0 saturated carbocycles. The van der Waals surface area contributed by atoms with E-state index < -0.39 is 5.97 Å². The summed E-state index contributed by atoms with van der Waals surface area (Å²) in [7, 11) is 0. The number of allylic oxidation sites excluding steroid dienone is 5. The summed E-state index contributed by atoms with van der Waals surface area (Å²) >= 11 is 0. The first-order chi connectivity index (χ1) is 14.6. The van der Waals surface area contributed by atoms with Crippen LogP contribution in [-0.2, 0) is 9.59 Å². The largest absolute Gasteiger partial charge is 0.481 e. The summed E-state index contributed by atoms with van der Waals surface area (Å²) < 4.78 is 0. The number of ketones is 1. The molecule has 170 valence electrons. The maximum Gasteiger partial charge on any atom is 0.303 e. The summed E-state index contributed by atoms with van der Waals surface area (Å²) in [5, 5.41) is 11.1. The van der Waals surface area contributed by atoms with Gasteiger partial charge in [-0.1, -0.05) is 103 Å². The molecule has 0 aromatic carbocycles.